The Balaban J connectivity index is 0.00000420. The van der Waals surface area contributed by atoms with Crippen molar-refractivity contribution in [3.63, 3.8) is 0 Å². The summed E-state index contributed by atoms with van der Waals surface area (Å²) in [6, 6.07) is 10.6. The van der Waals surface area contributed by atoms with Crippen LogP contribution in [-0.2, 0) is 9.47 Å². The van der Waals surface area contributed by atoms with Gasteiger partial charge in [0.2, 0.25) is 0 Å². The average molecular weight is 517 g/mol. The number of benzene rings is 1. The van der Waals surface area contributed by atoms with Gasteiger partial charge >= 0.3 is 0 Å². The summed E-state index contributed by atoms with van der Waals surface area (Å²) in [4.78, 5) is 4.87. The number of rotatable bonds is 10. The summed E-state index contributed by atoms with van der Waals surface area (Å²) in [7, 11) is 0. The maximum atomic E-state index is 6.11. The summed E-state index contributed by atoms with van der Waals surface area (Å²) in [5.74, 6) is 1.82. The van der Waals surface area contributed by atoms with E-state index in [0.29, 0.717) is 11.8 Å². The molecule has 0 amide bonds. The predicted molar refractivity (Wildman–Crippen MR) is 132 cm³/mol. The van der Waals surface area contributed by atoms with Gasteiger partial charge in [0.05, 0.1) is 12.2 Å². The highest BCUT2D eigenvalue weighted by atomic mass is 127. The molecular weight excluding hydrogens is 477 g/mol. The molecule has 0 aromatic heterocycles. The molecule has 2 N–H and O–H groups in total. The van der Waals surface area contributed by atoms with Crippen LogP contribution in [0.15, 0.2) is 35.3 Å². The molecule has 1 saturated heterocycles. The summed E-state index contributed by atoms with van der Waals surface area (Å²) in [5, 5.41) is 6.85. The summed E-state index contributed by atoms with van der Waals surface area (Å²) >= 11 is 0. The molecule has 0 radical (unpaired) electrons. The number of nitrogens with one attached hydrogen (secondary N) is 2. The third-order valence-electron chi connectivity index (χ3n) is 5.25. The van der Waals surface area contributed by atoms with Gasteiger partial charge in [0, 0.05) is 38.8 Å². The molecule has 6 heteroatoms. The van der Waals surface area contributed by atoms with Crippen LogP contribution >= 0.6 is 24.0 Å². The van der Waals surface area contributed by atoms with E-state index < -0.39 is 0 Å². The number of aliphatic imine (C=N–C) groups is 1. The van der Waals surface area contributed by atoms with E-state index in [1.807, 2.05) is 0 Å². The third-order valence-corrected chi connectivity index (χ3v) is 5.25. The predicted octanol–water partition coefficient (Wildman–Crippen LogP) is 4.78. The zero-order valence-electron chi connectivity index (χ0n) is 18.5. The molecule has 0 aliphatic carbocycles. The molecule has 1 aliphatic rings. The minimum Gasteiger partial charge on any atom is -0.378 e. The molecule has 2 rings (SSSR count). The highest BCUT2D eigenvalue weighted by Gasteiger charge is 2.27. The van der Waals surface area contributed by atoms with Gasteiger partial charge in [-0.3, -0.25) is 4.99 Å². The Labute approximate surface area is 194 Å². The van der Waals surface area contributed by atoms with E-state index in [4.69, 9.17) is 14.5 Å². The third kappa shape index (κ3) is 9.22. The molecule has 0 saturated carbocycles. The fourth-order valence-electron chi connectivity index (χ4n) is 3.75. The Hall–Kier alpha value is -0.860. The Bertz CT molecular complexity index is 569. The molecule has 1 heterocycles. The number of ether oxygens (including phenoxy) is 2. The van der Waals surface area contributed by atoms with Crippen molar-refractivity contribution in [2.45, 2.75) is 59.2 Å². The standard InChI is InChI=1S/C23H39N3O2.HI/c1-5-24-23(25-15-14-21(18(3)4)27-6-2)26-17-20-13-10-16-28-22(20)19-11-8-7-9-12-19;/h7-9,11-12,18,20-22H,5-6,10,13-17H2,1-4H3,(H2,24,25,26);1H. The first kappa shape index (κ1) is 26.2. The van der Waals surface area contributed by atoms with E-state index >= 15 is 0 Å². The second-order valence-electron chi connectivity index (χ2n) is 7.78. The molecule has 0 bridgehead atoms. The van der Waals surface area contributed by atoms with Gasteiger partial charge in [-0.2, -0.15) is 0 Å². The minimum atomic E-state index is 0. The molecule has 1 aromatic carbocycles. The Morgan fingerprint density at radius 2 is 1.97 bits per heavy atom. The molecule has 1 fully saturated rings. The molecule has 3 unspecified atom stereocenters. The number of nitrogens with zero attached hydrogens (tertiary/aromatic N) is 1. The van der Waals surface area contributed by atoms with Crippen molar-refractivity contribution in [2.24, 2.45) is 16.8 Å². The first-order chi connectivity index (χ1) is 13.7. The van der Waals surface area contributed by atoms with Crippen LogP contribution in [0, 0.1) is 11.8 Å². The van der Waals surface area contributed by atoms with Crippen LogP contribution in [0.25, 0.3) is 0 Å². The van der Waals surface area contributed by atoms with Crippen molar-refractivity contribution < 1.29 is 9.47 Å². The van der Waals surface area contributed by atoms with Crippen molar-refractivity contribution in [1.29, 1.82) is 0 Å². The molecule has 1 aliphatic heterocycles. The van der Waals surface area contributed by atoms with Gasteiger partial charge in [-0.05, 0) is 44.6 Å². The lowest BCUT2D eigenvalue weighted by Gasteiger charge is -2.31. The molecule has 1 aromatic rings. The minimum absolute atomic E-state index is 0. The highest BCUT2D eigenvalue weighted by Crippen LogP contribution is 2.33. The van der Waals surface area contributed by atoms with E-state index in [1.165, 1.54) is 5.56 Å². The lowest BCUT2D eigenvalue weighted by molar-refractivity contribution is -0.0250. The van der Waals surface area contributed by atoms with E-state index in [-0.39, 0.29) is 36.2 Å². The fraction of sp³-hybridized carbons (Fsp3) is 0.696. The van der Waals surface area contributed by atoms with Gasteiger partial charge in [-0.1, -0.05) is 44.2 Å². The monoisotopic (exact) mass is 517 g/mol. The van der Waals surface area contributed by atoms with Gasteiger partial charge in [-0.15, -0.1) is 24.0 Å². The number of hydrogen-bond donors (Lipinski definition) is 2. The summed E-state index contributed by atoms with van der Waals surface area (Å²) < 4.78 is 12.0. The number of halogens is 1. The fourth-order valence-corrected chi connectivity index (χ4v) is 3.75. The van der Waals surface area contributed by atoms with Crippen LogP contribution in [0.5, 0.6) is 0 Å². The highest BCUT2D eigenvalue weighted by molar-refractivity contribution is 14.0. The molecule has 5 nitrogen and oxygen atoms in total. The Morgan fingerprint density at radius 1 is 1.21 bits per heavy atom. The first-order valence-electron chi connectivity index (χ1n) is 11.0. The summed E-state index contributed by atoms with van der Waals surface area (Å²) in [5.41, 5.74) is 1.26. The number of hydrogen-bond acceptors (Lipinski definition) is 3. The van der Waals surface area contributed by atoms with Crippen LogP contribution in [0.3, 0.4) is 0 Å². The van der Waals surface area contributed by atoms with Crippen LogP contribution in [0.2, 0.25) is 0 Å². The normalized spacial score (nSPS) is 20.8. The van der Waals surface area contributed by atoms with E-state index in [2.05, 4.69) is 68.7 Å². The van der Waals surface area contributed by atoms with Crippen molar-refractivity contribution in [3.05, 3.63) is 35.9 Å². The van der Waals surface area contributed by atoms with E-state index in [1.54, 1.807) is 0 Å². The Kier molecular flexibility index (Phi) is 13.6. The Morgan fingerprint density at radius 3 is 2.62 bits per heavy atom. The van der Waals surface area contributed by atoms with Crippen molar-refractivity contribution >= 4 is 29.9 Å². The van der Waals surface area contributed by atoms with Crippen LogP contribution < -0.4 is 10.6 Å². The van der Waals surface area contributed by atoms with E-state index in [0.717, 1.165) is 58.1 Å². The smallest absolute Gasteiger partial charge is 0.191 e. The average Bonchev–Trinajstić information content (AvgIpc) is 2.72. The number of guanidine groups is 1. The first-order valence-corrected chi connectivity index (χ1v) is 11.0. The SMILES string of the molecule is CCNC(=NCC1CCCOC1c1ccccc1)NCCC(OCC)C(C)C.I. The largest absolute Gasteiger partial charge is 0.378 e. The van der Waals surface area contributed by atoms with Crippen molar-refractivity contribution in [1.82, 2.24) is 10.6 Å². The van der Waals surface area contributed by atoms with Gasteiger partial charge < -0.3 is 20.1 Å². The molecule has 29 heavy (non-hydrogen) atoms. The van der Waals surface area contributed by atoms with Gasteiger partial charge in [0.15, 0.2) is 5.96 Å². The van der Waals surface area contributed by atoms with Crippen molar-refractivity contribution in [2.75, 3.05) is 32.8 Å². The maximum Gasteiger partial charge on any atom is 0.191 e. The lowest BCUT2D eigenvalue weighted by Crippen LogP contribution is -2.40. The van der Waals surface area contributed by atoms with Crippen LogP contribution in [-0.4, -0.2) is 44.9 Å². The van der Waals surface area contributed by atoms with E-state index in [9.17, 15) is 0 Å². The lowest BCUT2D eigenvalue weighted by atomic mass is 9.89. The van der Waals surface area contributed by atoms with Gasteiger partial charge in [0.1, 0.15) is 0 Å². The molecular formula is C23H40IN3O2. The van der Waals surface area contributed by atoms with Crippen LogP contribution in [0.1, 0.15) is 58.6 Å². The van der Waals surface area contributed by atoms with Crippen molar-refractivity contribution in [3.8, 4) is 0 Å². The van der Waals surface area contributed by atoms with Crippen LogP contribution in [0.4, 0.5) is 0 Å². The van der Waals surface area contributed by atoms with Gasteiger partial charge in [-0.25, -0.2) is 0 Å². The second-order valence-corrected chi connectivity index (χ2v) is 7.78. The summed E-state index contributed by atoms with van der Waals surface area (Å²) in [6.45, 7) is 12.7. The molecule has 166 valence electrons. The second kappa shape index (κ2) is 15.0. The zero-order chi connectivity index (χ0) is 20.2. The maximum absolute atomic E-state index is 6.11. The summed E-state index contributed by atoms with van der Waals surface area (Å²) in [6.07, 6.45) is 3.68. The quantitative estimate of drug-likeness (QED) is 0.267. The molecule has 3 atom stereocenters. The zero-order valence-corrected chi connectivity index (χ0v) is 20.9. The van der Waals surface area contributed by atoms with Gasteiger partial charge in [0.25, 0.3) is 0 Å². The molecule has 0 spiro atoms. The topological polar surface area (TPSA) is 54.9 Å².